The number of ketones is 2. The Kier molecular flexibility index (Phi) is 5.70. The van der Waals surface area contributed by atoms with E-state index in [4.69, 9.17) is 14.2 Å². The van der Waals surface area contributed by atoms with Crippen LogP contribution in [0.3, 0.4) is 0 Å². The van der Waals surface area contributed by atoms with Gasteiger partial charge in [-0.2, -0.15) is 0 Å². The summed E-state index contributed by atoms with van der Waals surface area (Å²) in [6, 6.07) is 13.7. The van der Waals surface area contributed by atoms with Crippen LogP contribution in [-0.4, -0.2) is 66.3 Å². The largest absolute Gasteiger partial charge is 0.493 e. The molecular weight excluding hydrogens is 562 g/mol. The Morgan fingerprint density at radius 2 is 1.60 bits per heavy atom. The molecule has 11 nitrogen and oxygen atoms in total. The summed E-state index contributed by atoms with van der Waals surface area (Å²) in [7, 11) is 4.44. The number of carbonyl (C=O) groups is 3. The van der Waals surface area contributed by atoms with E-state index in [-0.39, 0.29) is 22.4 Å². The third kappa shape index (κ3) is 2.93. The van der Waals surface area contributed by atoms with E-state index in [0.29, 0.717) is 40.1 Å². The van der Waals surface area contributed by atoms with E-state index in [2.05, 4.69) is 5.32 Å². The molecule has 1 amide bonds. The van der Waals surface area contributed by atoms with E-state index >= 15 is 0 Å². The van der Waals surface area contributed by atoms with Crippen LogP contribution < -0.4 is 19.5 Å². The molecular formula is C30H25N3O8S. The molecule has 214 valence electrons. The van der Waals surface area contributed by atoms with Gasteiger partial charge in [-0.25, -0.2) is 0 Å². The smallest absolute Gasteiger partial charge is 0.269 e. The Balaban J connectivity index is 1.61. The zero-order valence-corrected chi connectivity index (χ0v) is 23.7. The van der Waals surface area contributed by atoms with Gasteiger partial charge in [0.05, 0.1) is 26.3 Å². The normalized spacial score (nSPS) is 25.0. The Morgan fingerprint density at radius 1 is 0.952 bits per heavy atom. The van der Waals surface area contributed by atoms with E-state index in [1.807, 2.05) is 4.90 Å². The number of anilines is 1. The SMILES string of the molecule is COc1cc([C@H]2[C@@H]3CSCN3[C@@]3(C(=O)Nc4ccc([N+](=O)[O-])cc43)C23C(=O)c2ccccc2C3=O)cc(OC)c1OC. The lowest BCUT2D eigenvalue weighted by Crippen LogP contribution is -2.60. The van der Waals surface area contributed by atoms with Crippen molar-refractivity contribution in [2.24, 2.45) is 5.41 Å². The van der Waals surface area contributed by atoms with Crippen LogP contribution in [0, 0.1) is 15.5 Å². The summed E-state index contributed by atoms with van der Waals surface area (Å²) in [4.78, 5) is 57.7. The highest BCUT2D eigenvalue weighted by Crippen LogP contribution is 2.71. The third-order valence-electron chi connectivity index (χ3n) is 9.13. The summed E-state index contributed by atoms with van der Waals surface area (Å²) in [5.74, 6) is -0.523. The van der Waals surface area contributed by atoms with Crippen LogP contribution in [0.1, 0.15) is 37.8 Å². The standard InChI is InChI=1S/C30H25N3O8S/c1-39-22-10-15(11-23(40-2)25(22)41-3)24-21-13-42-14-32(21)30(19-12-16(33(37)38)8-9-20(19)31-28(30)36)29(24)26(34)17-6-4-5-7-18(17)27(29)35/h4-12,21,24H,13-14H2,1-3H3,(H,31,36)/t21-,24-,30-/m0/s1. The summed E-state index contributed by atoms with van der Waals surface area (Å²) in [6.07, 6.45) is 0. The molecule has 7 rings (SSSR count). The molecule has 1 aliphatic carbocycles. The summed E-state index contributed by atoms with van der Waals surface area (Å²) in [5, 5.41) is 14.8. The molecule has 1 N–H and O–H groups in total. The number of Topliss-reactive ketones (excluding diaryl/α,β-unsaturated/α-hetero) is 2. The maximum absolute atomic E-state index is 15.0. The zero-order chi connectivity index (χ0) is 29.6. The number of fused-ring (bicyclic) bond motifs is 6. The average molecular weight is 588 g/mol. The van der Waals surface area contributed by atoms with Gasteiger partial charge in [0, 0.05) is 58.1 Å². The molecule has 0 bridgehead atoms. The molecule has 42 heavy (non-hydrogen) atoms. The topological polar surface area (TPSA) is 137 Å². The number of methoxy groups -OCH3 is 3. The van der Waals surface area contributed by atoms with Crippen LogP contribution in [0.4, 0.5) is 11.4 Å². The number of nitrogens with zero attached hydrogens (tertiary/aromatic N) is 2. The van der Waals surface area contributed by atoms with Crippen molar-refractivity contribution in [2.75, 3.05) is 38.3 Å². The van der Waals surface area contributed by atoms with Crippen LogP contribution >= 0.6 is 11.8 Å². The lowest BCUT2D eigenvalue weighted by molar-refractivity contribution is -0.385. The number of amides is 1. The van der Waals surface area contributed by atoms with Gasteiger partial charge in [-0.15, -0.1) is 11.8 Å². The molecule has 3 aromatic rings. The second-order valence-electron chi connectivity index (χ2n) is 10.6. The summed E-state index contributed by atoms with van der Waals surface area (Å²) in [6.45, 7) is 0. The molecule has 3 atom stereocenters. The molecule has 12 heteroatoms. The molecule has 4 aliphatic rings. The first kappa shape index (κ1) is 26.5. The van der Waals surface area contributed by atoms with Gasteiger partial charge in [0.25, 0.3) is 11.6 Å². The molecule has 2 spiro atoms. The molecule has 2 fully saturated rings. The Morgan fingerprint density at radius 3 is 2.17 bits per heavy atom. The minimum Gasteiger partial charge on any atom is -0.493 e. The van der Waals surface area contributed by atoms with E-state index in [9.17, 15) is 24.5 Å². The fraction of sp³-hybridized carbons (Fsp3) is 0.300. The number of thioether (sulfide) groups is 1. The lowest BCUT2D eigenvalue weighted by atomic mass is 9.57. The van der Waals surface area contributed by atoms with E-state index in [1.165, 1.54) is 39.5 Å². The molecule has 0 aromatic heterocycles. The van der Waals surface area contributed by atoms with Crippen molar-refractivity contribution in [1.82, 2.24) is 4.90 Å². The van der Waals surface area contributed by atoms with Crippen molar-refractivity contribution >= 4 is 40.6 Å². The quantitative estimate of drug-likeness (QED) is 0.265. The van der Waals surface area contributed by atoms with Gasteiger partial charge in [0.2, 0.25) is 5.75 Å². The van der Waals surface area contributed by atoms with E-state index in [0.717, 1.165) is 0 Å². The van der Waals surface area contributed by atoms with Crippen molar-refractivity contribution in [3.8, 4) is 17.2 Å². The first-order chi connectivity index (χ1) is 20.3. The number of benzene rings is 3. The number of rotatable bonds is 5. The Hall–Kier alpha value is -4.42. The minimum absolute atomic E-state index is 0.222. The fourth-order valence-corrected chi connectivity index (χ4v) is 8.96. The van der Waals surface area contributed by atoms with Gasteiger partial charge in [0.15, 0.2) is 28.6 Å². The van der Waals surface area contributed by atoms with Crippen molar-refractivity contribution in [3.63, 3.8) is 0 Å². The van der Waals surface area contributed by atoms with Crippen molar-refractivity contribution < 1.29 is 33.5 Å². The van der Waals surface area contributed by atoms with Crippen LogP contribution in [0.25, 0.3) is 0 Å². The van der Waals surface area contributed by atoms with Crippen LogP contribution in [0.15, 0.2) is 54.6 Å². The molecule has 3 heterocycles. The highest BCUT2D eigenvalue weighted by atomic mass is 32.2. The van der Waals surface area contributed by atoms with Crippen LogP contribution in [0.2, 0.25) is 0 Å². The minimum atomic E-state index is -1.97. The summed E-state index contributed by atoms with van der Waals surface area (Å²) < 4.78 is 16.8. The number of nitrogens with one attached hydrogen (secondary N) is 1. The maximum Gasteiger partial charge on any atom is 0.269 e. The number of ether oxygens (including phenoxy) is 3. The van der Waals surface area contributed by atoms with E-state index in [1.54, 1.807) is 48.2 Å². The molecule has 3 aromatic carbocycles. The highest BCUT2D eigenvalue weighted by Gasteiger charge is 2.82. The zero-order valence-electron chi connectivity index (χ0n) is 22.8. The number of nitro groups is 1. The first-order valence-electron chi connectivity index (χ1n) is 13.2. The number of hydrogen-bond acceptors (Lipinski definition) is 10. The molecule has 0 unspecified atom stereocenters. The van der Waals surface area contributed by atoms with Crippen LogP contribution in [-0.2, 0) is 10.3 Å². The third-order valence-corrected chi connectivity index (χ3v) is 10.2. The predicted octanol–water partition coefficient (Wildman–Crippen LogP) is 4.01. The number of hydrogen-bond donors (Lipinski definition) is 1. The van der Waals surface area contributed by atoms with Gasteiger partial charge in [0.1, 0.15) is 5.41 Å². The predicted molar refractivity (Wildman–Crippen MR) is 153 cm³/mol. The lowest BCUT2D eigenvalue weighted by Gasteiger charge is -2.42. The molecule has 0 saturated carbocycles. The Labute approximate surface area is 244 Å². The molecule has 3 aliphatic heterocycles. The number of non-ortho nitro benzene ring substituents is 1. The summed E-state index contributed by atoms with van der Waals surface area (Å²) in [5.41, 5.74) is -2.48. The van der Waals surface area contributed by atoms with Gasteiger partial charge in [-0.3, -0.25) is 29.4 Å². The van der Waals surface area contributed by atoms with Gasteiger partial charge in [-0.05, 0) is 23.8 Å². The van der Waals surface area contributed by atoms with Gasteiger partial charge >= 0.3 is 0 Å². The van der Waals surface area contributed by atoms with E-state index < -0.39 is 45.3 Å². The monoisotopic (exact) mass is 587 g/mol. The number of nitro benzene ring substituents is 1. The van der Waals surface area contributed by atoms with Crippen molar-refractivity contribution in [1.29, 1.82) is 0 Å². The van der Waals surface area contributed by atoms with Gasteiger partial charge in [-0.1, -0.05) is 24.3 Å². The first-order valence-corrected chi connectivity index (χ1v) is 14.4. The maximum atomic E-state index is 15.0. The second-order valence-corrected chi connectivity index (χ2v) is 11.6. The van der Waals surface area contributed by atoms with Gasteiger partial charge < -0.3 is 19.5 Å². The number of carbonyl (C=O) groups excluding carboxylic acids is 3. The van der Waals surface area contributed by atoms with Crippen molar-refractivity contribution in [2.45, 2.75) is 17.5 Å². The average Bonchev–Trinajstić information content (AvgIpc) is 3.71. The fourth-order valence-electron chi connectivity index (χ4n) is 7.66. The molecule has 2 saturated heterocycles. The summed E-state index contributed by atoms with van der Waals surface area (Å²) >= 11 is 1.57. The molecule has 0 radical (unpaired) electrons. The second kappa shape index (κ2) is 9.04. The van der Waals surface area contributed by atoms with Crippen LogP contribution in [0.5, 0.6) is 17.2 Å². The Bertz CT molecular complexity index is 1680. The van der Waals surface area contributed by atoms with Crippen molar-refractivity contribution in [3.05, 3.63) is 87.0 Å². The highest BCUT2D eigenvalue weighted by molar-refractivity contribution is 7.99.